The number of methoxy groups -OCH3 is 1. The van der Waals surface area contributed by atoms with E-state index in [4.69, 9.17) is 9.84 Å². The third-order valence-electron chi connectivity index (χ3n) is 4.39. The number of nitrogens with one attached hydrogen (secondary N) is 1. The Morgan fingerprint density at radius 2 is 1.96 bits per heavy atom. The highest BCUT2D eigenvalue weighted by molar-refractivity contribution is 7.92. The summed E-state index contributed by atoms with van der Waals surface area (Å²) >= 11 is 0. The standard InChI is InChI=1S/C17H23NO6S/c1-24-15-10-13(17(20)21)7-6-12(15)8-9-18-16(19)11-25(22,23)14-4-2-3-5-14/h6-7,10,14H,2-5,8-9,11H2,1H3,(H,18,19)(H,20,21). The Balaban J connectivity index is 1.87. The summed E-state index contributed by atoms with van der Waals surface area (Å²) in [5.41, 5.74) is 0.860. The minimum Gasteiger partial charge on any atom is -0.496 e. The molecule has 1 fully saturated rings. The fraction of sp³-hybridized carbons (Fsp3) is 0.529. The van der Waals surface area contributed by atoms with Crippen LogP contribution in [-0.4, -0.2) is 50.1 Å². The molecule has 1 aliphatic rings. The molecule has 1 aromatic carbocycles. The average molecular weight is 369 g/mol. The van der Waals surface area contributed by atoms with Gasteiger partial charge in [0.2, 0.25) is 5.91 Å². The van der Waals surface area contributed by atoms with Gasteiger partial charge in [0.05, 0.1) is 17.9 Å². The number of hydrogen-bond acceptors (Lipinski definition) is 5. The second kappa shape index (κ2) is 8.33. The van der Waals surface area contributed by atoms with Gasteiger partial charge in [-0.2, -0.15) is 0 Å². The van der Waals surface area contributed by atoms with Crippen molar-refractivity contribution in [3.63, 3.8) is 0 Å². The second-order valence-electron chi connectivity index (χ2n) is 6.15. The molecule has 0 heterocycles. The van der Waals surface area contributed by atoms with Gasteiger partial charge in [-0.15, -0.1) is 0 Å². The van der Waals surface area contributed by atoms with Crippen LogP contribution in [0.3, 0.4) is 0 Å². The molecule has 0 spiro atoms. The minimum absolute atomic E-state index is 0.118. The zero-order valence-corrected chi connectivity index (χ0v) is 15.0. The summed E-state index contributed by atoms with van der Waals surface area (Å²) < 4.78 is 29.5. The number of carbonyl (C=O) groups is 2. The highest BCUT2D eigenvalue weighted by Crippen LogP contribution is 2.25. The lowest BCUT2D eigenvalue weighted by atomic mass is 10.1. The van der Waals surface area contributed by atoms with Crippen molar-refractivity contribution >= 4 is 21.7 Å². The quantitative estimate of drug-likeness (QED) is 0.717. The van der Waals surface area contributed by atoms with Crippen LogP contribution in [-0.2, 0) is 21.1 Å². The molecule has 0 atom stereocenters. The number of carbonyl (C=O) groups excluding carboxylic acids is 1. The molecule has 0 bridgehead atoms. The second-order valence-corrected chi connectivity index (χ2v) is 8.43. The maximum absolute atomic E-state index is 12.1. The molecule has 0 unspecified atom stereocenters. The molecular weight excluding hydrogens is 346 g/mol. The molecule has 138 valence electrons. The van der Waals surface area contributed by atoms with E-state index >= 15 is 0 Å². The lowest BCUT2D eigenvalue weighted by Crippen LogP contribution is -2.35. The van der Waals surface area contributed by atoms with Gasteiger partial charge in [0, 0.05) is 6.54 Å². The van der Waals surface area contributed by atoms with E-state index in [1.165, 1.54) is 19.2 Å². The van der Waals surface area contributed by atoms with Crippen LogP contribution in [0.15, 0.2) is 18.2 Å². The monoisotopic (exact) mass is 369 g/mol. The summed E-state index contributed by atoms with van der Waals surface area (Å²) in [6.07, 6.45) is 3.50. The van der Waals surface area contributed by atoms with E-state index in [0.717, 1.165) is 18.4 Å². The SMILES string of the molecule is COc1cc(C(=O)O)ccc1CCNC(=O)CS(=O)(=O)C1CCCC1. The summed E-state index contributed by atoms with van der Waals surface area (Å²) in [7, 11) is -1.94. The van der Waals surface area contributed by atoms with Crippen LogP contribution in [0.2, 0.25) is 0 Å². The Hall–Kier alpha value is -2.09. The van der Waals surface area contributed by atoms with Crippen molar-refractivity contribution in [1.29, 1.82) is 0 Å². The third-order valence-corrected chi connectivity index (χ3v) is 6.54. The average Bonchev–Trinajstić information content (AvgIpc) is 3.09. The number of aromatic carboxylic acids is 1. The Kier molecular flexibility index (Phi) is 6.41. The molecule has 1 aromatic rings. The molecule has 0 aliphatic heterocycles. The van der Waals surface area contributed by atoms with Crippen LogP contribution < -0.4 is 10.1 Å². The number of carboxylic acids is 1. The Bertz CT molecular complexity index is 738. The smallest absolute Gasteiger partial charge is 0.335 e. The molecule has 0 radical (unpaired) electrons. The van der Waals surface area contributed by atoms with Crippen LogP contribution in [0.5, 0.6) is 5.75 Å². The fourth-order valence-electron chi connectivity index (χ4n) is 3.02. The van der Waals surface area contributed by atoms with Crippen molar-refractivity contribution in [3.8, 4) is 5.75 Å². The van der Waals surface area contributed by atoms with E-state index in [0.29, 0.717) is 25.0 Å². The van der Waals surface area contributed by atoms with Crippen LogP contribution in [0.4, 0.5) is 0 Å². The first-order valence-electron chi connectivity index (χ1n) is 8.22. The number of sulfone groups is 1. The minimum atomic E-state index is -3.38. The summed E-state index contributed by atoms with van der Waals surface area (Å²) in [5, 5.41) is 11.2. The Labute approximate surface area is 147 Å². The normalized spacial score (nSPS) is 15.1. The Morgan fingerprint density at radius 1 is 1.28 bits per heavy atom. The third kappa shape index (κ3) is 5.19. The largest absolute Gasteiger partial charge is 0.496 e. The molecule has 0 saturated heterocycles. The molecule has 8 heteroatoms. The predicted octanol–water partition coefficient (Wildman–Crippen LogP) is 1.41. The molecule has 1 saturated carbocycles. The summed E-state index contributed by atoms with van der Waals surface area (Å²) in [5.74, 6) is -1.61. The van der Waals surface area contributed by atoms with E-state index in [2.05, 4.69) is 5.32 Å². The lowest BCUT2D eigenvalue weighted by Gasteiger charge is -2.12. The van der Waals surface area contributed by atoms with Gasteiger partial charge in [-0.05, 0) is 37.0 Å². The highest BCUT2D eigenvalue weighted by atomic mass is 32.2. The zero-order chi connectivity index (χ0) is 18.4. The van der Waals surface area contributed by atoms with E-state index < -0.39 is 27.5 Å². The molecule has 1 aliphatic carbocycles. The fourth-order valence-corrected chi connectivity index (χ4v) is 4.77. The molecule has 1 amide bonds. The predicted molar refractivity (Wildman–Crippen MR) is 92.7 cm³/mol. The zero-order valence-electron chi connectivity index (χ0n) is 14.2. The number of carboxylic acid groups (broad SMARTS) is 1. The number of amides is 1. The van der Waals surface area contributed by atoms with Crippen molar-refractivity contribution in [2.45, 2.75) is 37.4 Å². The van der Waals surface area contributed by atoms with Crippen LogP contribution in [0.25, 0.3) is 0 Å². The van der Waals surface area contributed by atoms with Gasteiger partial charge >= 0.3 is 5.97 Å². The topological polar surface area (TPSA) is 110 Å². The van der Waals surface area contributed by atoms with E-state index in [1.54, 1.807) is 6.07 Å². The van der Waals surface area contributed by atoms with Crippen LogP contribution >= 0.6 is 0 Å². The maximum Gasteiger partial charge on any atom is 0.335 e. The van der Waals surface area contributed by atoms with Gasteiger partial charge in [0.15, 0.2) is 9.84 Å². The van der Waals surface area contributed by atoms with E-state index in [-0.39, 0.29) is 17.4 Å². The molecule has 2 N–H and O–H groups in total. The van der Waals surface area contributed by atoms with E-state index in [9.17, 15) is 18.0 Å². The summed E-state index contributed by atoms with van der Waals surface area (Å²) in [6, 6.07) is 4.51. The number of hydrogen-bond donors (Lipinski definition) is 2. The maximum atomic E-state index is 12.1. The highest BCUT2D eigenvalue weighted by Gasteiger charge is 2.30. The van der Waals surface area contributed by atoms with Crippen molar-refractivity contribution in [2.75, 3.05) is 19.4 Å². The summed E-state index contributed by atoms with van der Waals surface area (Å²) in [4.78, 5) is 22.9. The number of ether oxygens (including phenoxy) is 1. The van der Waals surface area contributed by atoms with Crippen molar-refractivity contribution in [3.05, 3.63) is 29.3 Å². The molecular formula is C17H23NO6S. The first kappa shape index (κ1) is 19.2. The van der Waals surface area contributed by atoms with Crippen molar-refractivity contribution < 1.29 is 27.9 Å². The van der Waals surface area contributed by atoms with Crippen LogP contribution in [0, 0.1) is 0 Å². The lowest BCUT2D eigenvalue weighted by molar-refractivity contribution is -0.118. The van der Waals surface area contributed by atoms with Crippen molar-refractivity contribution in [2.24, 2.45) is 0 Å². The van der Waals surface area contributed by atoms with Gasteiger partial charge in [-0.25, -0.2) is 13.2 Å². The van der Waals surface area contributed by atoms with Gasteiger partial charge in [-0.1, -0.05) is 18.9 Å². The molecule has 7 nitrogen and oxygen atoms in total. The van der Waals surface area contributed by atoms with Gasteiger partial charge in [-0.3, -0.25) is 4.79 Å². The number of benzene rings is 1. The van der Waals surface area contributed by atoms with Crippen LogP contribution in [0.1, 0.15) is 41.6 Å². The summed E-state index contributed by atoms with van der Waals surface area (Å²) in [6.45, 7) is 0.252. The molecule has 2 rings (SSSR count). The number of rotatable bonds is 8. The molecule has 0 aromatic heterocycles. The van der Waals surface area contributed by atoms with Gasteiger partial charge in [0.25, 0.3) is 0 Å². The Morgan fingerprint density at radius 3 is 2.56 bits per heavy atom. The first-order valence-corrected chi connectivity index (χ1v) is 9.93. The van der Waals surface area contributed by atoms with E-state index in [1.807, 2.05) is 0 Å². The van der Waals surface area contributed by atoms with Gasteiger partial charge < -0.3 is 15.2 Å². The molecule has 25 heavy (non-hydrogen) atoms. The van der Waals surface area contributed by atoms with Gasteiger partial charge in [0.1, 0.15) is 11.5 Å². The first-order chi connectivity index (χ1) is 11.8. The van der Waals surface area contributed by atoms with Crippen molar-refractivity contribution in [1.82, 2.24) is 5.32 Å².